The average molecular weight is 243 g/mol. The first kappa shape index (κ1) is 13.1. The van der Waals surface area contributed by atoms with Crippen LogP contribution in [-0.4, -0.2) is 25.2 Å². The van der Waals surface area contributed by atoms with Gasteiger partial charge in [0.25, 0.3) is 0 Å². The molecule has 1 unspecified atom stereocenters. The fourth-order valence-corrected chi connectivity index (χ4v) is 2.72. The van der Waals surface area contributed by atoms with Crippen LogP contribution >= 0.6 is 11.3 Å². The number of aromatic nitrogens is 1. The number of carbonyl (C=O) groups excluding carboxylic acids is 1. The number of ether oxygens (including phenoxy) is 2. The fourth-order valence-electron chi connectivity index (χ4n) is 1.48. The molecule has 0 aliphatic heterocycles. The number of carbonyl (C=O) groups is 1. The van der Waals surface area contributed by atoms with Crippen LogP contribution in [0.25, 0.3) is 0 Å². The average Bonchev–Trinajstić information content (AvgIpc) is 2.59. The molecule has 4 nitrogen and oxygen atoms in total. The summed E-state index contributed by atoms with van der Waals surface area (Å²) in [5, 5.41) is 0.829. The zero-order chi connectivity index (χ0) is 12.3. The largest absolute Gasteiger partial charge is 0.465 e. The molecule has 0 radical (unpaired) electrons. The minimum Gasteiger partial charge on any atom is -0.465 e. The second kappa shape index (κ2) is 5.41. The summed E-state index contributed by atoms with van der Waals surface area (Å²) < 4.78 is 10.1. The van der Waals surface area contributed by atoms with Crippen molar-refractivity contribution in [2.24, 2.45) is 5.92 Å². The molecule has 0 saturated heterocycles. The van der Waals surface area contributed by atoms with E-state index >= 15 is 0 Å². The highest BCUT2D eigenvalue weighted by Crippen LogP contribution is 2.30. The Morgan fingerprint density at radius 2 is 2.00 bits per heavy atom. The molecule has 0 aliphatic carbocycles. The number of hydrogen-bond donors (Lipinski definition) is 0. The summed E-state index contributed by atoms with van der Waals surface area (Å²) in [7, 11) is 3.02. The van der Waals surface area contributed by atoms with Gasteiger partial charge in [0.2, 0.25) is 0 Å². The number of aryl methyl sites for hydroxylation is 1. The molecule has 0 aromatic carbocycles. The zero-order valence-electron chi connectivity index (χ0n) is 10.2. The van der Waals surface area contributed by atoms with Crippen LogP contribution in [0.5, 0.6) is 0 Å². The van der Waals surface area contributed by atoms with E-state index in [-0.39, 0.29) is 12.1 Å². The van der Waals surface area contributed by atoms with Crippen molar-refractivity contribution in [2.45, 2.75) is 26.9 Å². The Bertz CT molecular complexity index is 373. The monoisotopic (exact) mass is 243 g/mol. The zero-order valence-corrected chi connectivity index (χ0v) is 11.1. The van der Waals surface area contributed by atoms with Gasteiger partial charge in [0.05, 0.1) is 12.8 Å². The van der Waals surface area contributed by atoms with Crippen molar-refractivity contribution in [3.05, 3.63) is 15.6 Å². The third kappa shape index (κ3) is 2.59. The highest BCUT2D eigenvalue weighted by Gasteiger charge is 2.23. The molecule has 5 heteroatoms. The van der Waals surface area contributed by atoms with Crippen molar-refractivity contribution >= 4 is 17.3 Å². The third-order valence-electron chi connectivity index (χ3n) is 2.29. The highest BCUT2D eigenvalue weighted by atomic mass is 32.1. The molecule has 0 fully saturated rings. The van der Waals surface area contributed by atoms with Gasteiger partial charge >= 0.3 is 5.97 Å². The van der Waals surface area contributed by atoms with E-state index in [1.54, 1.807) is 14.0 Å². The van der Waals surface area contributed by atoms with Gasteiger partial charge in [0.15, 0.2) is 0 Å². The molecule has 0 bridgehead atoms. The maximum absolute atomic E-state index is 11.4. The van der Waals surface area contributed by atoms with E-state index in [4.69, 9.17) is 9.47 Å². The molecular formula is C11H17NO3S. The van der Waals surface area contributed by atoms with Crippen molar-refractivity contribution in [1.82, 2.24) is 4.98 Å². The second-order valence-corrected chi connectivity index (χ2v) is 4.89. The van der Waals surface area contributed by atoms with Crippen molar-refractivity contribution in [2.75, 3.05) is 14.2 Å². The summed E-state index contributed by atoms with van der Waals surface area (Å²) in [6.45, 7) is 5.92. The van der Waals surface area contributed by atoms with Crippen LogP contribution in [-0.2, 0) is 9.47 Å². The topological polar surface area (TPSA) is 48.4 Å². The van der Waals surface area contributed by atoms with Gasteiger partial charge < -0.3 is 9.47 Å². The summed E-state index contributed by atoms with van der Waals surface area (Å²) in [4.78, 5) is 16.4. The molecule has 0 amide bonds. The first-order valence-electron chi connectivity index (χ1n) is 5.09. The van der Waals surface area contributed by atoms with Crippen molar-refractivity contribution in [3.8, 4) is 0 Å². The van der Waals surface area contributed by atoms with Crippen molar-refractivity contribution in [1.29, 1.82) is 0 Å². The van der Waals surface area contributed by atoms with Gasteiger partial charge in [-0.15, -0.1) is 11.3 Å². The van der Waals surface area contributed by atoms with Gasteiger partial charge in [-0.2, -0.15) is 0 Å². The molecule has 1 heterocycles. The Balaban J connectivity index is 3.04. The normalized spacial score (nSPS) is 12.9. The standard InChI is InChI=1S/C11H17NO3S/c1-6(2)8(14-4)10-12-7(3)9(16-10)11(13)15-5/h6,8H,1-5H3. The number of rotatable bonds is 4. The number of methoxy groups -OCH3 is 2. The summed E-state index contributed by atoms with van der Waals surface area (Å²) in [5.74, 6) is -0.0130. The summed E-state index contributed by atoms with van der Waals surface area (Å²) in [6, 6.07) is 0. The van der Waals surface area contributed by atoms with E-state index in [0.717, 1.165) is 5.01 Å². The van der Waals surface area contributed by atoms with Gasteiger partial charge in [-0.05, 0) is 12.8 Å². The highest BCUT2D eigenvalue weighted by molar-refractivity contribution is 7.13. The molecule has 0 aliphatic rings. The molecule has 1 rings (SSSR count). The molecule has 0 N–H and O–H groups in total. The van der Waals surface area contributed by atoms with Gasteiger partial charge in [-0.3, -0.25) is 0 Å². The smallest absolute Gasteiger partial charge is 0.349 e. The first-order valence-corrected chi connectivity index (χ1v) is 5.91. The van der Waals surface area contributed by atoms with Crippen molar-refractivity contribution in [3.63, 3.8) is 0 Å². The lowest BCUT2D eigenvalue weighted by atomic mass is 10.1. The molecule has 1 aromatic heterocycles. The van der Waals surface area contributed by atoms with Crippen LogP contribution in [0.1, 0.15) is 40.3 Å². The fraction of sp³-hybridized carbons (Fsp3) is 0.636. The predicted octanol–water partition coefficient (Wildman–Crippen LogP) is 2.58. The summed E-state index contributed by atoms with van der Waals surface area (Å²) in [6.07, 6.45) is -0.0675. The Kier molecular flexibility index (Phi) is 4.44. The quantitative estimate of drug-likeness (QED) is 0.763. The van der Waals surface area contributed by atoms with Crippen LogP contribution in [0, 0.1) is 12.8 Å². The Labute approximate surface area is 99.6 Å². The Morgan fingerprint density at radius 1 is 1.38 bits per heavy atom. The maximum Gasteiger partial charge on any atom is 0.349 e. The van der Waals surface area contributed by atoms with Gasteiger partial charge in [-0.25, -0.2) is 9.78 Å². The SMILES string of the molecule is COC(=O)c1sc(C(OC)C(C)C)nc1C. The Morgan fingerprint density at radius 3 is 2.44 bits per heavy atom. The summed E-state index contributed by atoms with van der Waals surface area (Å²) in [5.41, 5.74) is 0.703. The first-order chi connectivity index (χ1) is 7.51. The van der Waals surface area contributed by atoms with Crippen molar-refractivity contribution < 1.29 is 14.3 Å². The molecule has 90 valence electrons. The Hall–Kier alpha value is -0.940. The number of hydrogen-bond acceptors (Lipinski definition) is 5. The molecule has 16 heavy (non-hydrogen) atoms. The lowest BCUT2D eigenvalue weighted by molar-refractivity contribution is 0.0605. The van der Waals surface area contributed by atoms with Crippen LogP contribution in [0.4, 0.5) is 0 Å². The number of thiazole rings is 1. The van der Waals surface area contributed by atoms with Crippen LogP contribution < -0.4 is 0 Å². The molecule has 1 aromatic rings. The van der Waals surface area contributed by atoms with E-state index in [1.807, 2.05) is 0 Å². The lowest BCUT2D eigenvalue weighted by Crippen LogP contribution is -2.08. The number of nitrogens with zero attached hydrogens (tertiary/aromatic N) is 1. The summed E-state index contributed by atoms with van der Waals surface area (Å²) >= 11 is 1.34. The maximum atomic E-state index is 11.4. The molecule has 0 saturated carbocycles. The van der Waals surface area contributed by atoms with E-state index in [2.05, 4.69) is 18.8 Å². The third-order valence-corrected chi connectivity index (χ3v) is 3.49. The van der Waals surface area contributed by atoms with E-state index in [1.165, 1.54) is 18.4 Å². The minimum absolute atomic E-state index is 0.0675. The molecule has 0 spiro atoms. The van der Waals surface area contributed by atoms with E-state index in [9.17, 15) is 4.79 Å². The van der Waals surface area contributed by atoms with E-state index < -0.39 is 0 Å². The van der Waals surface area contributed by atoms with E-state index in [0.29, 0.717) is 16.5 Å². The second-order valence-electron chi connectivity index (χ2n) is 3.86. The van der Waals surface area contributed by atoms with Gasteiger partial charge in [0.1, 0.15) is 16.0 Å². The van der Waals surface area contributed by atoms with Crippen LogP contribution in [0.3, 0.4) is 0 Å². The minimum atomic E-state index is -0.333. The lowest BCUT2D eigenvalue weighted by Gasteiger charge is -2.15. The predicted molar refractivity (Wildman–Crippen MR) is 62.8 cm³/mol. The van der Waals surface area contributed by atoms with Gasteiger partial charge in [0, 0.05) is 7.11 Å². The van der Waals surface area contributed by atoms with Crippen LogP contribution in [0.15, 0.2) is 0 Å². The van der Waals surface area contributed by atoms with Gasteiger partial charge in [-0.1, -0.05) is 13.8 Å². The molecular weight excluding hydrogens is 226 g/mol. The number of esters is 1. The molecule has 1 atom stereocenters. The van der Waals surface area contributed by atoms with Crippen LogP contribution in [0.2, 0.25) is 0 Å².